The SMILES string of the molecule is CNc1nc2cnc(Nc3ccc(OC(F)(F)F)cc3)cc2n1-c1cccc(C(F)(F)F)c1. The van der Waals surface area contributed by atoms with E-state index in [0.717, 1.165) is 24.3 Å². The second-order valence-corrected chi connectivity index (χ2v) is 6.82. The summed E-state index contributed by atoms with van der Waals surface area (Å²) in [5.74, 6) is 0.234. The Bertz CT molecular complexity index is 1280. The zero-order chi connectivity index (χ0) is 23.8. The molecule has 2 aromatic heterocycles. The molecule has 2 heterocycles. The van der Waals surface area contributed by atoms with E-state index in [4.69, 9.17) is 0 Å². The molecule has 0 saturated carbocycles. The molecule has 0 amide bonds. The highest BCUT2D eigenvalue weighted by Gasteiger charge is 2.31. The summed E-state index contributed by atoms with van der Waals surface area (Å²) in [6.45, 7) is 0. The van der Waals surface area contributed by atoms with Crippen LogP contribution in [0.1, 0.15) is 5.56 Å². The van der Waals surface area contributed by atoms with E-state index in [1.165, 1.54) is 35.0 Å². The minimum absolute atomic E-state index is 0.238. The first-order valence-corrected chi connectivity index (χ1v) is 9.40. The number of fused-ring (bicyclic) bond motifs is 1. The van der Waals surface area contributed by atoms with Gasteiger partial charge in [-0.1, -0.05) is 6.07 Å². The number of imidazole rings is 1. The molecule has 0 aliphatic carbocycles. The minimum atomic E-state index is -4.80. The number of benzene rings is 2. The fourth-order valence-corrected chi connectivity index (χ4v) is 3.19. The van der Waals surface area contributed by atoms with Crippen molar-refractivity contribution in [2.45, 2.75) is 12.5 Å². The molecule has 4 aromatic rings. The third kappa shape index (κ3) is 4.94. The number of hydrogen-bond donors (Lipinski definition) is 2. The van der Waals surface area contributed by atoms with Crippen molar-refractivity contribution in [3.63, 3.8) is 0 Å². The molecule has 0 radical (unpaired) electrons. The summed E-state index contributed by atoms with van der Waals surface area (Å²) in [5, 5.41) is 5.79. The summed E-state index contributed by atoms with van der Waals surface area (Å²) in [6.07, 6.45) is -7.87. The van der Waals surface area contributed by atoms with Gasteiger partial charge in [-0.25, -0.2) is 9.97 Å². The van der Waals surface area contributed by atoms with E-state index in [1.807, 2.05) is 0 Å². The zero-order valence-electron chi connectivity index (χ0n) is 16.8. The molecule has 0 saturated heterocycles. The highest BCUT2D eigenvalue weighted by atomic mass is 19.4. The number of nitrogens with one attached hydrogen (secondary N) is 2. The summed E-state index contributed by atoms with van der Waals surface area (Å²) in [7, 11) is 1.59. The molecule has 0 aliphatic rings. The fraction of sp³-hybridized carbons (Fsp3) is 0.143. The van der Waals surface area contributed by atoms with Gasteiger partial charge >= 0.3 is 12.5 Å². The largest absolute Gasteiger partial charge is 0.573 e. The maximum atomic E-state index is 13.2. The second kappa shape index (κ2) is 8.19. The molecule has 12 heteroatoms. The lowest BCUT2D eigenvalue weighted by molar-refractivity contribution is -0.274. The molecule has 0 atom stereocenters. The van der Waals surface area contributed by atoms with Crippen molar-refractivity contribution >= 4 is 28.5 Å². The van der Waals surface area contributed by atoms with Crippen molar-refractivity contribution < 1.29 is 31.1 Å². The first-order chi connectivity index (χ1) is 15.5. The van der Waals surface area contributed by atoms with Gasteiger partial charge in [0.15, 0.2) is 0 Å². The van der Waals surface area contributed by atoms with Crippen molar-refractivity contribution in [3.8, 4) is 11.4 Å². The van der Waals surface area contributed by atoms with Gasteiger partial charge in [0.1, 0.15) is 17.1 Å². The highest BCUT2D eigenvalue weighted by molar-refractivity contribution is 5.83. The number of aromatic nitrogens is 3. The molecule has 6 nitrogen and oxygen atoms in total. The quantitative estimate of drug-likeness (QED) is 0.346. The van der Waals surface area contributed by atoms with Crippen molar-refractivity contribution in [3.05, 3.63) is 66.4 Å². The molecular formula is C21H15F6N5O. The predicted molar refractivity (Wildman–Crippen MR) is 110 cm³/mol. The molecule has 0 aliphatic heterocycles. The lowest BCUT2D eigenvalue weighted by atomic mass is 10.2. The van der Waals surface area contributed by atoms with Crippen LogP contribution in [0.15, 0.2) is 60.8 Å². The standard InChI is InChI=1S/C21H15F6N5O/c1-28-19-31-16-11-29-18(30-13-5-7-15(8-6-13)33-21(25,26)27)10-17(16)32(19)14-4-2-3-12(9-14)20(22,23)24/h2-11H,1H3,(H,28,31)(H,29,30). The van der Waals surface area contributed by atoms with Crippen LogP contribution in [-0.2, 0) is 6.18 Å². The normalized spacial score (nSPS) is 12.1. The number of pyridine rings is 1. The molecule has 4 rings (SSSR count). The van der Waals surface area contributed by atoms with Gasteiger partial charge in [0.05, 0.1) is 17.3 Å². The number of nitrogens with zero attached hydrogens (tertiary/aromatic N) is 3. The van der Waals surface area contributed by atoms with Crippen LogP contribution in [0.2, 0.25) is 0 Å². The van der Waals surface area contributed by atoms with E-state index < -0.39 is 18.1 Å². The number of hydrogen-bond acceptors (Lipinski definition) is 5. The maximum absolute atomic E-state index is 13.2. The van der Waals surface area contributed by atoms with Crippen LogP contribution in [0, 0.1) is 0 Å². The smallest absolute Gasteiger partial charge is 0.406 e. The third-order valence-electron chi connectivity index (χ3n) is 4.56. The lowest BCUT2D eigenvalue weighted by Crippen LogP contribution is -2.16. The van der Waals surface area contributed by atoms with Crippen LogP contribution in [0.25, 0.3) is 16.7 Å². The molecule has 2 N–H and O–H groups in total. The molecule has 172 valence electrons. The van der Waals surface area contributed by atoms with E-state index in [2.05, 4.69) is 25.3 Å². The molecule has 33 heavy (non-hydrogen) atoms. The van der Waals surface area contributed by atoms with Crippen molar-refractivity contribution in [1.82, 2.24) is 14.5 Å². The molecule has 2 aromatic carbocycles. The Morgan fingerprint density at radius 1 is 0.939 bits per heavy atom. The Balaban J connectivity index is 1.69. The predicted octanol–water partition coefficient (Wildman–Crippen LogP) is 6.12. The highest BCUT2D eigenvalue weighted by Crippen LogP contribution is 2.33. The Morgan fingerprint density at radius 2 is 1.67 bits per heavy atom. The fourth-order valence-electron chi connectivity index (χ4n) is 3.19. The van der Waals surface area contributed by atoms with Crippen LogP contribution in [0.5, 0.6) is 5.75 Å². The van der Waals surface area contributed by atoms with Gasteiger partial charge < -0.3 is 15.4 Å². The van der Waals surface area contributed by atoms with Gasteiger partial charge in [0, 0.05) is 24.5 Å². The van der Waals surface area contributed by atoms with E-state index in [-0.39, 0.29) is 11.4 Å². The first-order valence-electron chi connectivity index (χ1n) is 9.40. The monoisotopic (exact) mass is 467 g/mol. The van der Waals surface area contributed by atoms with E-state index in [0.29, 0.717) is 28.5 Å². The number of alkyl halides is 6. The average molecular weight is 467 g/mol. The molecule has 0 bridgehead atoms. The molecular weight excluding hydrogens is 452 g/mol. The van der Waals surface area contributed by atoms with Gasteiger partial charge in [-0.3, -0.25) is 4.57 Å². The van der Waals surface area contributed by atoms with Crippen molar-refractivity contribution in [1.29, 1.82) is 0 Å². The van der Waals surface area contributed by atoms with Crippen LogP contribution >= 0.6 is 0 Å². The van der Waals surface area contributed by atoms with E-state index in [9.17, 15) is 26.3 Å². The second-order valence-electron chi connectivity index (χ2n) is 6.82. The Labute approximate surface area is 182 Å². The topological polar surface area (TPSA) is 64.0 Å². The Kier molecular flexibility index (Phi) is 5.52. The minimum Gasteiger partial charge on any atom is -0.406 e. The lowest BCUT2D eigenvalue weighted by Gasteiger charge is -2.13. The van der Waals surface area contributed by atoms with Crippen LogP contribution in [0.3, 0.4) is 0 Å². The average Bonchev–Trinajstić information content (AvgIpc) is 3.11. The summed E-state index contributed by atoms with van der Waals surface area (Å²) >= 11 is 0. The van der Waals surface area contributed by atoms with Gasteiger partial charge in [0.25, 0.3) is 0 Å². The van der Waals surface area contributed by atoms with Gasteiger partial charge in [-0.05, 0) is 42.5 Å². The van der Waals surface area contributed by atoms with Crippen molar-refractivity contribution in [2.24, 2.45) is 0 Å². The summed E-state index contributed by atoms with van der Waals surface area (Å²) in [4.78, 5) is 8.57. The first kappa shape index (κ1) is 22.2. The molecule has 0 unspecified atom stereocenters. The Morgan fingerprint density at radius 3 is 2.30 bits per heavy atom. The summed E-state index contributed by atoms with van der Waals surface area (Å²) < 4.78 is 81.9. The van der Waals surface area contributed by atoms with Crippen molar-refractivity contribution in [2.75, 3.05) is 17.7 Å². The zero-order valence-corrected chi connectivity index (χ0v) is 16.8. The molecule has 0 spiro atoms. The number of ether oxygens (including phenoxy) is 1. The van der Waals surface area contributed by atoms with Crippen LogP contribution in [0.4, 0.5) is 43.8 Å². The number of rotatable bonds is 5. The van der Waals surface area contributed by atoms with Crippen LogP contribution in [-0.4, -0.2) is 27.9 Å². The van der Waals surface area contributed by atoms with Gasteiger partial charge in [-0.15, -0.1) is 13.2 Å². The Hall–Kier alpha value is -3.96. The summed E-state index contributed by atoms with van der Waals surface area (Å²) in [6, 6.07) is 11.4. The number of halogens is 6. The molecule has 0 fully saturated rings. The maximum Gasteiger partial charge on any atom is 0.573 e. The number of anilines is 3. The third-order valence-corrected chi connectivity index (χ3v) is 4.56. The summed E-state index contributed by atoms with van der Waals surface area (Å²) in [5.41, 5.74) is 0.750. The van der Waals surface area contributed by atoms with E-state index in [1.54, 1.807) is 13.1 Å². The van der Waals surface area contributed by atoms with Gasteiger partial charge in [-0.2, -0.15) is 13.2 Å². The van der Waals surface area contributed by atoms with E-state index >= 15 is 0 Å². The van der Waals surface area contributed by atoms with Gasteiger partial charge in [0.2, 0.25) is 5.95 Å². The van der Waals surface area contributed by atoms with Crippen LogP contribution < -0.4 is 15.4 Å².